The van der Waals surface area contributed by atoms with E-state index in [0.717, 1.165) is 0 Å². The number of carbonyl (C=O) groups is 1. The van der Waals surface area contributed by atoms with Gasteiger partial charge in [0.2, 0.25) is 5.91 Å². The van der Waals surface area contributed by atoms with E-state index < -0.39 is 23.9 Å². The van der Waals surface area contributed by atoms with Crippen molar-refractivity contribution in [3.8, 4) is 0 Å². The standard InChI is InChI=1S/C12H16ClFN2O3/c1-19-6-9(15)12(18)16-5-10(17)11-7(13)3-2-4-8(11)14/h2-4,9-10,17H,5-6,15H2,1H3,(H,16,18). The van der Waals surface area contributed by atoms with Gasteiger partial charge in [-0.05, 0) is 12.1 Å². The van der Waals surface area contributed by atoms with Gasteiger partial charge < -0.3 is 20.9 Å². The smallest absolute Gasteiger partial charge is 0.239 e. The number of hydrogen-bond acceptors (Lipinski definition) is 4. The zero-order valence-electron chi connectivity index (χ0n) is 10.4. The number of carbonyl (C=O) groups excluding carboxylic acids is 1. The van der Waals surface area contributed by atoms with E-state index in [9.17, 15) is 14.3 Å². The Kier molecular flexibility index (Phi) is 6.17. The molecule has 1 aromatic rings. The lowest BCUT2D eigenvalue weighted by Crippen LogP contribution is -2.44. The maximum absolute atomic E-state index is 13.5. The fraction of sp³-hybridized carbons (Fsp3) is 0.417. The number of hydrogen-bond donors (Lipinski definition) is 3. The number of rotatable bonds is 6. The van der Waals surface area contributed by atoms with Crippen LogP contribution in [0.5, 0.6) is 0 Å². The average Bonchev–Trinajstić information content (AvgIpc) is 2.36. The van der Waals surface area contributed by atoms with Gasteiger partial charge in [0.25, 0.3) is 0 Å². The van der Waals surface area contributed by atoms with Crippen LogP contribution in [-0.2, 0) is 9.53 Å². The van der Waals surface area contributed by atoms with Crippen molar-refractivity contribution in [1.82, 2.24) is 5.32 Å². The van der Waals surface area contributed by atoms with Crippen LogP contribution < -0.4 is 11.1 Å². The Hall–Kier alpha value is -1.21. The summed E-state index contributed by atoms with van der Waals surface area (Å²) < 4.78 is 18.2. The van der Waals surface area contributed by atoms with E-state index in [2.05, 4.69) is 5.32 Å². The van der Waals surface area contributed by atoms with Crippen LogP contribution in [0.4, 0.5) is 4.39 Å². The summed E-state index contributed by atoms with van der Waals surface area (Å²) in [5.41, 5.74) is 5.44. The lowest BCUT2D eigenvalue weighted by molar-refractivity contribution is -0.123. The highest BCUT2D eigenvalue weighted by molar-refractivity contribution is 6.31. The maximum Gasteiger partial charge on any atom is 0.239 e. The highest BCUT2D eigenvalue weighted by Gasteiger charge is 2.19. The van der Waals surface area contributed by atoms with Gasteiger partial charge in [-0.25, -0.2) is 4.39 Å². The predicted molar refractivity (Wildman–Crippen MR) is 69.2 cm³/mol. The van der Waals surface area contributed by atoms with Gasteiger partial charge in [-0.2, -0.15) is 0 Å². The van der Waals surface area contributed by atoms with Gasteiger partial charge in [-0.15, -0.1) is 0 Å². The molecule has 2 atom stereocenters. The molecule has 5 nitrogen and oxygen atoms in total. The molecule has 1 amide bonds. The summed E-state index contributed by atoms with van der Waals surface area (Å²) in [6, 6.07) is 3.24. The summed E-state index contributed by atoms with van der Waals surface area (Å²) in [5.74, 6) is -1.12. The number of ether oxygens (including phenoxy) is 1. The Morgan fingerprint density at radius 2 is 2.32 bits per heavy atom. The van der Waals surface area contributed by atoms with Crippen molar-refractivity contribution in [3.05, 3.63) is 34.6 Å². The van der Waals surface area contributed by atoms with E-state index >= 15 is 0 Å². The summed E-state index contributed by atoms with van der Waals surface area (Å²) in [4.78, 5) is 11.5. The van der Waals surface area contributed by atoms with Crippen molar-refractivity contribution < 1.29 is 19.0 Å². The molecule has 4 N–H and O–H groups in total. The van der Waals surface area contributed by atoms with Gasteiger partial charge in [0.05, 0.1) is 6.61 Å². The highest BCUT2D eigenvalue weighted by Crippen LogP contribution is 2.25. The van der Waals surface area contributed by atoms with Crippen LogP contribution in [0.1, 0.15) is 11.7 Å². The third-order valence-electron chi connectivity index (χ3n) is 2.49. The van der Waals surface area contributed by atoms with Crippen LogP contribution in [0.2, 0.25) is 5.02 Å². The second-order valence-corrected chi connectivity index (χ2v) is 4.37. The molecule has 2 unspecified atom stereocenters. The molecule has 0 heterocycles. The maximum atomic E-state index is 13.5. The molecule has 0 spiro atoms. The van der Waals surface area contributed by atoms with Gasteiger partial charge >= 0.3 is 0 Å². The van der Waals surface area contributed by atoms with Crippen molar-refractivity contribution in [3.63, 3.8) is 0 Å². The molecular formula is C12H16ClFN2O3. The number of halogens is 2. The molecule has 0 saturated heterocycles. The van der Waals surface area contributed by atoms with Crippen LogP contribution in [0.15, 0.2) is 18.2 Å². The van der Waals surface area contributed by atoms with Crippen LogP contribution in [0.3, 0.4) is 0 Å². The predicted octanol–water partition coefficient (Wildman–Crippen LogP) is 0.602. The van der Waals surface area contributed by atoms with E-state index in [4.69, 9.17) is 22.1 Å². The van der Waals surface area contributed by atoms with Crippen LogP contribution in [0.25, 0.3) is 0 Å². The van der Waals surface area contributed by atoms with Gasteiger partial charge in [0.15, 0.2) is 0 Å². The summed E-state index contributed by atoms with van der Waals surface area (Å²) in [6.07, 6.45) is -1.24. The first-order valence-electron chi connectivity index (χ1n) is 5.61. The number of methoxy groups -OCH3 is 1. The van der Waals surface area contributed by atoms with E-state index in [1.54, 1.807) is 0 Å². The molecule has 1 rings (SSSR count). The summed E-state index contributed by atoms with van der Waals surface area (Å²) in [6.45, 7) is -0.126. The number of nitrogens with one attached hydrogen (secondary N) is 1. The summed E-state index contributed by atoms with van der Waals surface area (Å²) in [5, 5.41) is 12.3. The quantitative estimate of drug-likeness (QED) is 0.716. The van der Waals surface area contributed by atoms with Crippen LogP contribution in [0, 0.1) is 5.82 Å². The average molecular weight is 291 g/mol. The minimum Gasteiger partial charge on any atom is -0.386 e. The second kappa shape index (κ2) is 7.40. The molecule has 0 aliphatic carbocycles. The van der Waals surface area contributed by atoms with Crippen molar-refractivity contribution in [2.45, 2.75) is 12.1 Å². The minimum absolute atomic E-state index is 0.0511. The van der Waals surface area contributed by atoms with E-state index in [0.29, 0.717) is 0 Å². The molecule has 0 fully saturated rings. The first-order chi connectivity index (χ1) is 8.97. The lowest BCUT2D eigenvalue weighted by atomic mass is 10.1. The largest absolute Gasteiger partial charge is 0.386 e. The van der Waals surface area contributed by atoms with E-state index in [1.807, 2.05) is 0 Å². The lowest BCUT2D eigenvalue weighted by Gasteiger charge is -2.16. The Labute approximate surface area is 115 Å². The zero-order chi connectivity index (χ0) is 14.4. The van der Waals surface area contributed by atoms with Crippen LogP contribution >= 0.6 is 11.6 Å². The number of benzene rings is 1. The fourth-order valence-corrected chi connectivity index (χ4v) is 1.80. The first kappa shape index (κ1) is 15.8. The van der Waals surface area contributed by atoms with Gasteiger partial charge in [0, 0.05) is 24.2 Å². The Balaban J connectivity index is 2.61. The number of amides is 1. The minimum atomic E-state index is -1.24. The monoisotopic (exact) mass is 290 g/mol. The Morgan fingerprint density at radius 1 is 1.63 bits per heavy atom. The number of aliphatic hydroxyl groups excluding tert-OH is 1. The molecule has 7 heteroatoms. The molecule has 0 bridgehead atoms. The molecule has 19 heavy (non-hydrogen) atoms. The van der Waals surface area contributed by atoms with Gasteiger partial charge in [0.1, 0.15) is 18.0 Å². The Bertz CT molecular complexity index is 425. The molecule has 0 aliphatic rings. The van der Waals surface area contributed by atoms with E-state index in [1.165, 1.54) is 25.3 Å². The normalized spacial score (nSPS) is 13.9. The van der Waals surface area contributed by atoms with Crippen molar-refractivity contribution in [1.29, 1.82) is 0 Å². The third-order valence-corrected chi connectivity index (χ3v) is 2.82. The van der Waals surface area contributed by atoms with E-state index in [-0.39, 0.29) is 23.7 Å². The highest BCUT2D eigenvalue weighted by atomic mass is 35.5. The number of aliphatic hydroxyl groups is 1. The third kappa shape index (κ3) is 4.43. The number of nitrogens with two attached hydrogens (primary N) is 1. The second-order valence-electron chi connectivity index (χ2n) is 3.96. The zero-order valence-corrected chi connectivity index (χ0v) is 11.2. The summed E-state index contributed by atoms with van der Waals surface area (Å²) >= 11 is 5.79. The van der Waals surface area contributed by atoms with Crippen molar-refractivity contribution in [2.75, 3.05) is 20.3 Å². The van der Waals surface area contributed by atoms with Crippen molar-refractivity contribution >= 4 is 17.5 Å². The molecule has 1 aromatic carbocycles. The van der Waals surface area contributed by atoms with Gasteiger partial charge in [-0.3, -0.25) is 4.79 Å². The molecule has 0 saturated carbocycles. The SMILES string of the molecule is COCC(N)C(=O)NCC(O)c1c(F)cccc1Cl. The molecule has 106 valence electrons. The summed E-state index contributed by atoms with van der Waals surface area (Å²) in [7, 11) is 1.42. The molecule has 0 aliphatic heterocycles. The van der Waals surface area contributed by atoms with Gasteiger partial charge in [-0.1, -0.05) is 17.7 Å². The Morgan fingerprint density at radius 3 is 2.89 bits per heavy atom. The molecule has 0 radical (unpaired) electrons. The topological polar surface area (TPSA) is 84.6 Å². The van der Waals surface area contributed by atoms with Crippen molar-refractivity contribution in [2.24, 2.45) is 5.73 Å². The fourth-order valence-electron chi connectivity index (χ4n) is 1.51. The first-order valence-corrected chi connectivity index (χ1v) is 5.99. The van der Waals surface area contributed by atoms with Crippen LogP contribution in [-0.4, -0.2) is 37.3 Å². The molecular weight excluding hydrogens is 275 g/mol. The molecule has 0 aromatic heterocycles.